The Morgan fingerprint density at radius 2 is 2.00 bits per heavy atom. The maximum absolute atomic E-state index is 10.9. The van der Waals surface area contributed by atoms with E-state index in [2.05, 4.69) is 33.0 Å². The summed E-state index contributed by atoms with van der Waals surface area (Å²) >= 11 is 0. The molecule has 15 heavy (non-hydrogen) atoms. The fourth-order valence-corrected chi connectivity index (χ4v) is 1.34. The Labute approximate surface area is 93.3 Å². The Balaban J connectivity index is 3.81. The third kappa shape index (κ3) is 8.43. The number of hydrogen-bond acceptors (Lipinski definition) is 2. The lowest BCUT2D eigenvalue weighted by Gasteiger charge is -2.20. The number of rotatable bonds is 7. The Morgan fingerprint density at radius 1 is 1.40 bits per heavy atom. The summed E-state index contributed by atoms with van der Waals surface area (Å²) in [6.07, 6.45) is 3.75. The lowest BCUT2D eigenvalue weighted by molar-refractivity contribution is -0.139. The summed E-state index contributed by atoms with van der Waals surface area (Å²) in [4.78, 5) is 10.9. The highest BCUT2D eigenvalue weighted by Crippen LogP contribution is 2.17. The Kier molecular flexibility index (Phi) is 6.57. The van der Waals surface area contributed by atoms with Gasteiger partial charge in [0.1, 0.15) is 6.04 Å². The van der Waals surface area contributed by atoms with Crippen LogP contribution in [0.15, 0.2) is 0 Å². The van der Waals surface area contributed by atoms with Crippen LogP contribution in [0.2, 0.25) is 0 Å². The monoisotopic (exact) mass is 215 g/mol. The topological polar surface area (TPSA) is 49.3 Å². The summed E-state index contributed by atoms with van der Waals surface area (Å²) in [5.41, 5.74) is 0.265. The molecule has 0 amide bonds. The van der Waals surface area contributed by atoms with Gasteiger partial charge >= 0.3 is 5.97 Å². The zero-order chi connectivity index (χ0) is 11.9. The van der Waals surface area contributed by atoms with Gasteiger partial charge in [0.15, 0.2) is 0 Å². The van der Waals surface area contributed by atoms with Crippen LogP contribution in [0, 0.1) is 5.41 Å². The van der Waals surface area contributed by atoms with Gasteiger partial charge in [-0.2, -0.15) is 0 Å². The van der Waals surface area contributed by atoms with E-state index in [0.717, 1.165) is 32.2 Å². The maximum Gasteiger partial charge on any atom is 0.320 e. The van der Waals surface area contributed by atoms with Crippen LogP contribution in [0.5, 0.6) is 0 Å². The van der Waals surface area contributed by atoms with Gasteiger partial charge in [0.2, 0.25) is 0 Å². The van der Waals surface area contributed by atoms with Crippen molar-refractivity contribution in [3.8, 4) is 0 Å². The molecule has 0 aromatic heterocycles. The van der Waals surface area contributed by atoms with E-state index in [4.69, 9.17) is 5.11 Å². The van der Waals surface area contributed by atoms with E-state index >= 15 is 0 Å². The summed E-state index contributed by atoms with van der Waals surface area (Å²) in [5.74, 6) is -0.725. The van der Waals surface area contributed by atoms with Crippen LogP contribution in [0.4, 0.5) is 0 Å². The van der Waals surface area contributed by atoms with E-state index in [-0.39, 0.29) is 11.5 Å². The number of carbonyl (C=O) groups is 1. The van der Waals surface area contributed by atoms with Crippen LogP contribution >= 0.6 is 0 Å². The van der Waals surface area contributed by atoms with Crippen molar-refractivity contribution in [3.63, 3.8) is 0 Å². The quantitative estimate of drug-likeness (QED) is 0.686. The van der Waals surface area contributed by atoms with Gasteiger partial charge in [-0.1, -0.05) is 40.5 Å². The number of carboxylic acid groups (broad SMARTS) is 1. The number of aliphatic carboxylic acids is 1. The molecule has 2 N–H and O–H groups in total. The standard InChI is InChI=1S/C12H25NO2/c1-5-6-7-10(11(14)15)13-9-8-12(2,3)4/h10,13H,5-9H2,1-4H3,(H,14,15)/t10-/m0/s1. The Bertz CT molecular complexity index is 185. The highest BCUT2D eigenvalue weighted by molar-refractivity contribution is 5.73. The second-order valence-corrected chi connectivity index (χ2v) is 5.30. The normalized spacial score (nSPS) is 13.9. The molecule has 0 aromatic carbocycles. The van der Waals surface area contributed by atoms with E-state index in [1.807, 2.05) is 0 Å². The fourth-order valence-electron chi connectivity index (χ4n) is 1.34. The molecule has 0 aliphatic heterocycles. The Hall–Kier alpha value is -0.570. The number of nitrogens with one attached hydrogen (secondary N) is 1. The van der Waals surface area contributed by atoms with Crippen molar-refractivity contribution in [1.29, 1.82) is 0 Å². The van der Waals surface area contributed by atoms with E-state index in [1.165, 1.54) is 0 Å². The second kappa shape index (κ2) is 6.83. The van der Waals surface area contributed by atoms with Gasteiger partial charge in [0, 0.05) is 0 Å². The van der Waals surface area contributed by atoms with Gasteiger partial charge in [0.05, 0.1) is 0 Å². The number of unbranched alkanes of at least 4 members (excludes halogenated alkanes) is 1. The van der Waals surface area contributed by atoms with Gasteiger partial charge in [0.25, 0.3) is 0 Å². The van der Waals surface area contributed by atoms with Crippen molar-refractivity contribution in [2.45, 2.75) is 59.4 Å². The first-order valence-corrected chi connectivity index (χ1v) is 5.83. The predicted octanol–water partition coefficient (Wildman–Crippen LogP) is 2.66. The van der Waals surface area contributed by atoms with Crippen molar-refractivity contribution in [2.75, 3.05) is 6.54 Å². The molecular formula is C12H25NO2. The van der Waals surface area contributed by atoms with Crippen molar-refractivity contribution in [2.24, 2.45) is 5.41 Å². The Morgan fingerprint density at radius 3 is 2.40 bits per heavy atom. The van der Waals surface area contributed by atoms with Gasteiger partial charge in [-0.15, -0.1) is 0 Å². The molecule has 3 nitrogen and oxygen atoms in total. The molecule has 0 saturated heterocycles. The molecule has 0 fully saturated rings. The molecule has 0 bridgehead atoms. The zero-order valence-corrected chi connectivity index (χ0v) is 10.5. The van der Waals surface area contributed by atoms with E-state index in [0.29, 0.717) is 0 Å². The molecule has 0 spiro atoms. The summed E-state index contributed by atoms with van der Waals surface area (Å²) < 4.78 is 0. The van der Waals surface area contributed by atoms with Crippen LogP contribution in [0.1, 0.15) is 53.4 Å². The van der Waals surface area contributed by atoms with Crippen LogP contribution in [0.25, 0.3) is 0 Å². The molecule has 0 aliphatic rings. The first-order valence-electron chi connectivity index (χ1n) is 5.83. The summed E-state index contributed by atoms with van der Waals surface area (Å²) in [6, 6.07) is -0.368. The van der Waals surface area contributed by atoms with Crippen molar-refractivity contribution >= 4 is 5.97 Å². The van der Waals surface area contributed by atoms with Gasteiger partial charge in [-0.3, -0.25) is 4.79 Å². The third-order valence-electron chi connectivity index (χ3n) is 2.41. The minimum absolute atomic E-state index is 0.265. The predicted molar refractivity (Wildman–Crippen MR) is 63.0 cm³/mol. The zero-order valence-electron chi connectivity index (χ0n) is 10.5. The lowest BCUT2D eigenvalue weighted by atomic mass is 9.92. The van der Waals surface area contributed by atoms with E-state index in [9.17, 15) is 4.79 Å². The average molecular weight is 215 g/mol. The molecule has 3 heteroatoms. The number of hydrogen-bond donors (Lipinski definition) is 2. The van der Waals surface area contributed by atoms with Gasteiger partial charge < -0.3 is 10.4 Å². The fraction of sp³-hybridized carbons (Fsp3) is 0.917. The lowest BCUT2D eigenvalue weighted by Crippen LogP contribution is -2.38. The minimum atomic E-state index is -0.725. The molecule has 0 saturated carbocycles. The van der Waals surface area contributed by atoms with Crippen molar-refractivity contribution in [3.05, 3.63) is 0 Å². The minimum Gasteiger partial charge on any atom is -0.480 e. The summed E-state index contributed by atoms with van der Waals surface area (Å²) in [5, 5.41) is 12.1. The van der Waals surface area contributed by atoms with Crippen LogP contribution in [0.3, 0.4) is 0 Å². The molecule has 1 atom stereocenters. The van der Waals surface area contributed by atoms with Crippen molar-refractivity contribution in [1.82, 2.24) is 5.32 Å². The molecule has 0 radical (unpaired) electrons. The van der Waals surface area contributed by atoms with E-state index < -0.39 is 5.97 Å². The molecule has 0 unspecified atom stereocenters. The maximum atomic E-state index is 10.9. The molecule has 0 heterocycles. The smallest absolute Gasteiger partial charge is 0.320 e. The largest absolute Gasteiger partial charge is 0.480 e. The molecular weight excluding hydrogens is 190 g/mol. The van der Waals surface area contributed by atoms with E-state index in [1.54, 1.807) is 0 Å². The number of carboxylic acids is 1. The first-order chi connectivity index (χ1) is 6.87. The molecule has 0 aliphatic carbocycles. The van der Waals surface area contributed by atoms with Gasteiger partial charge in [-0.25, -0.2) is 0 Å². The third-order valence-corrected chi connectivity index (χ3v) is 2.41. The molecule has 0 rings (SSSR count). The van der Waals surface area contributed by atoms with Gasteiger partial charge in [-0.05, 0) is 24.8 Å². The van der Waals surface area contributed by atoms with Crippen LogP contribution < -0.4 is 5.32 Å². The molecule has 90 valence electrons. The average Bonchev–Trinajstić information content (AvgIpc) is 2.08. The second-order valence-electron chi connectivity index (χ2n) is 5.30. The van der Waals surface area contributed by atoms with Crippen LogP contribution in [-0.4, -0.2) is 23.7 Å². The first kappa shape index (κ1) is 14.4. The SMILES string of the molecule is CCCC[C@H](NCCC(C)(C)C)C(=O)O. The van der Waals surface area contributed by atoms with Crippen molar-refractivity contribution < 1.29 is 9.90 Å². The summed E-state index contributed by atoms with van der Waals surface area (Å²) in [7, 11) is 0. The van der Waals surface area contributed by atoms with Crippen LogP contribution in [-0.2, 0) is 4.79 Å². The highest BCUT2D eigenvalue weighted by Gasteiger charge is 2.17. The summed E-state index contributed by atoms with van der Waals surface area (Å²) in [6.45, 7) is 9.35. The highest BCUT2D eigenvalue weighted by atomic mass is 16.4. The molecule has 0 aromatic rings.